The van der Waals surface area contributed by atoms with Crippen LogP contribution in [-0.4, -0.2) is 54.7 Å². The van der Waals surface area contributed by atoms with Crippen molar-refractivity contribution in [2.45, 2.75) is 63.5 Å². The zero-order valence-corrected chi connectivity index (χ0v) is 20.0. The number of hydrogen-bond donors (Lipinski definition) is 2. The monoisotopic (exact) mass is 509 g/mol. The fourth-order valence-corrected chi connectivity index (χ4v) is 4.49. The van der Waals surface area contributed by atoms with Crippen LogP contribution in [0.25, 0.3) is 0 Å². The Balaban J connectivity index is 1.26. The van der Waals surface area contributed by atoms with Crippen molar-refractivity contribution >= 4 is 17.5 Å². The Bertz CT molecular complexity index is 1030. The minimum Gasteiger partial charge on any atom is -0.495 e. The lowest BCUT2D eigenvalue weighted by Crippen LogP contribution is -2.41. The van der Waals surface area contributed by atoms with Gasteiger partial charge in [0, 0.05) is 31.4 Å². The zero-order valence-electron chi connectivity index (χ0n) is 20.0. The third-order valence-corrected chi connectivity index (χ3v) is 6.23. The van der Waals surface area contributed by atoms with E-state index in [9.17, 15) is 18.0 Å². The molecule has 1 saturated heterocycles. The number of halogens is 3. The first-order valence-corrected chi connectivity index (χ1v) is 12.0. The van der Waals surface area contributed by atoms with E-state index in [1.807, 2.05) is 6.07 Å². The van der Waals surface area contributed by atoms with E-state index in [0.717, 1.165) is 43.9 Å². The summed E-state index contributed by atoms with van der Waals surface area (Å²) in [7, 11) is 1.36. The molecule has 4 rings (SSSR count). The van der Waals surface area contributed by atoms with E-state index in [1.165, 1.54) is 19.6 Å². The van der Waals surface area contributed by atoms with E-state index in [1.54, 1.807) is 6.20 Å². The molecule has 2 amide bonds. The molecule has 2 fully saturated rings. The summed E-state index contributed by atoms with van der Waals surface area (Å²) in [5.41, 5.74) is 0.0690. The van der Waals surface area contributed by atoms with Crippen molar-refractivity contribution in [3.8, 4) is 17.5 Å². The van der Waals surface area contributed by atoms with Crippen LogP contribution in [0.5, 0.6) is 17.5 Å². The van der Waals surface area contributed by atoms with E-state index in [-0.39, 0.29) is 23.6 Å². The van der Waals surface area contributed by atoms with Gasteiger partial charge in [0.2, 0.25) is 0 Å². The van der Waals surface area contributed by atoms with Crippen molar-refractivity contribution in [3.63, 3.8) is 0 Å². The predicted molar refractivity (Wildman–Crippen MR) is 127 cm³/mol. The molecule has 2 heterocycles. The van der Waals surface area contributed by atoms with Crippen molar-refractivity contribution in [1.29, 1.82) is 0 Å². The van der Waals surface area contributed by atoms with Crippen molar-refractivity contribution < 1.29 is 32.2 Å². The number of nitrogens with one attached hydrogen (secondary N) is 2. The predicted octanol–water partition coefficient (Wildman–Crippen LogP) is 4.89. The molecule has 1 aliphatic carbocycles. The van der Waals surface area contributed by atoms with Gasteiger partial charge in [0.05, 0.1) is 12.8 Å². The number of carbonyl (C=O) groups is 1. The number of urea groups is 1. The Hall–Kier alpha value is -3.44. The molecular formula is C24H30F3N5O4. The summed E-state index contributed by atoms with van der Waals surface area (Å²) in [6.45, 7) is 1.97. The van der Waals surface area contributed by atoms with Crippen LogP contribution in [0, 0.1) is 0 Å². The standard InChI is InChI=1S/C24H30F3N5O4/c1-34-20-10-9-18(36-24(25,26)27)15-19(20)30-22(33)29-16-5-7-17(8-6-16)35-23-28-12-11-21(31-23)32-13-3-2-4-14-32/h9-12,15-17H,2-8,13-14H2,1H3,(H2,29,30,33). The Morgan fingerprint density at radius 3 is 2.53 bits per heavy atom. The van der Waals surface area contributed by atoms with Gasteiger partial charge in [-0.25, -0.2) is 9.78 Å². The molecule has 0 bridgehead atoms. The molecule has 12 heteroatoms. The Morgan fingerprint density at radius 2 is 1.83 bits per heavy atom. The first-order valence-electron chi connectivity index (χ1n) is 12.0. The quantitative estimate of drug-likeness (QED) is 0.549. The van der Waals surface area contributed by atoms with E-state index in [4.69, 9.17) is 9.47 Å². The topological polar surface area (TPSA) is 97.8 Å². The van der Waals surface area contributed by atoms with Crippen molar-refractivity contribution in [3.05, 3.63) is 30.5 Å². The molecule has 0 atom stereocenters. The number of methoxy groups -OCH3 is 1. The molecule has 0 spiro atoms. The highest BCUT2D eigenvalue weighted by atomic mass is 19.4. The smallest absolute Gasteiger partial charge is 0.495 e. The zero-order chi connectivity index (χ0) is 25.5. The maximum absolute atomic E-state index is 12.5. The summed E-state index contributed by atoms with van der Waals surface area (Å²) in [6, 6.07) is 5.09. The SMILES string of the molecule is COc1ccc(OC(F)(F)F)cc1NC(=O)NC1CCC(Oc2nccc(N3CCCCC3)n2)CC1. The molecule has 1 aromatic heterocycles. The van der Waals surface area contributed by atoms with Crippen LogP contribution in [-0.2, 0) is 0 Å². The molecule has 196 valence electrons. The largest absolute Gasteiger partial charge is 0.573 e. The molecule has 2 aromatic rings. The van der Waals surface area contributed by atoms with Crippen LogP contribution in [0.3, 0.4) is 0 Å². The summed E-state index contributed by atoms with van der Waals surface area (Å²) in [4.78, 5) is 23.6. The van der Waals surface area contributed by atoms with E-state index in [0.29, 0.717) is 31.7 Å². The van der Waals surface area contributed by atoms with Gasteiger partial charge >= 0.3 is 18.4 Å². The number of benzene rings is 1. The van der Waals surface area contributed by atoms with Gasteiger partial charge in [0.1, 0.15) is 23.4 Å². The number of anilines is 2. The van der Waals surface area contributed by atoms with Gasteiger partial charge in [-0.2, -0.15) is 4.98 Å². The van der Waals surface area contributed by atoms with Crippen molar-refractivity contribution in [1.82, 2.24) is 15.3 Å². The Kier molecular flexibility index (Phi) is 8.21. The summed E-state index contributed by atoms with van der Waals surface area (Å²) in [5.74, 6) is 0.637. The molecule has 0 radical (unpaired) electrons. The Morgan fingerprint density at radius 1 is 1.08 bits per heavy atom. The highest BCUT2D eigenvalue weighted by Gasteiger charge is 2.31. The second-order valence-corrected chi connectivity index (χ2v) is 8.84. The number of hydrogen-bond acceptors (Lipinski definition) is 7. The van der Waals surface area contributed by atoms with Crippen molar-refractivity contribution in [2.24, 2.45) is 0 Å². The van der Waals surface area contributed by atoms with Crippen LogP contribution in [0.2, 0.25) is 0 Å². The molecule has 1 saturated carbocycles. The summed E-state index contributed by atoms with van der Waals surface area (Å²) in [6.07, 6.45) is 3.15. The molecule has 2 aliphatic rings. The number of aromatic nitrogens is 2. The highest BCUT2D eigenvalue weighted by Crippen LogP contribution is 2.32. The highest BCUT2D eigenvalue weighted by molar-refractivity contribution is 5.91. The number of piperidine rings is 1. The number of alkyl halides is 3. The van der Waals surface area contributed by atoms with Crippen LogP contribution in [0.15, 0.2) is 30.5 Å². The maximum atomic E-state index is 12.5. The molecule has 1 aromatic carbocycles. The molecule has 9 nitrogen and oxygen atoms in total. The lowest BCUT2D eigenvalue weighted by atomic mass is 9.93. The van der Waals surface area contributed by atoms with Gasteiger partial charge < -0.3 is 29.7 Å². The van der Waals surface area contributed by atoms with E-state index in [2.05, 4.69) is 30.2 Å². The molecular weight excluding hydrogens is 479 g/mol. The number of rotatable bonds is 7. The minimum atomic E-state index is -4.84. The summed E-state index contributed by atoms with van der Waals surface area (Å²) >= 11 is 0. The van der Waals surface area contributed by atoms with Gasteiger partial charge in [0.25, 0.3) is 0 Å². The maximum Gasteiger partial charge on any atom is 0.573 e. The van der Waals surface area contributed by atoms with Gasteiger partial charge in [-0.15, -0.1) is 13.2 Å². The van der Waals surface area contributed by atoms with Gasteiger partial charge in [-0.3, -0.25) is 0 Å². The molecule has 2 N–H and O–H groups in total. The number of amides is 2. The lowest BCUT2D eigenvalue weighted by Gasteiger charge is -2.30. The van der Waals surface area contributed by atoms with Crippen LogP contribution < -0.4 is 29.7 Å². The second-order valence-electron chi connectivity index (χ2n) is 8.84. The molecule has 36 heavy (non-hydrogen) atoms. The third kappa shape index (κ3) is 7.28. The Labute approximate surface area is 207 Å². The normalized spacial score (nSPS) is 20.4. The van der Waals surface area contributed by atoms with Gasteiger partial charge in [-0.05, 0) is 63.1 Å². The van der Waals surface area contributed by atoms with E-state index < -0.39 is 18.1 Å². The van der Waals surface area contributed by atoms with Crippen LogP contribution in [0.4, 0.5) is 29.5 Å². The molecule has 1 aliphatic heterocycles. The first kappa shape index (κ1) is 25.6. The number of nitrogens with zero attached hydrogens (tertiary/aromatic N) is 3. The van der Waals surface area contributed by atoms with Crippen molar-refractivity contribution in [2.75, 3.05) is 30.4 Å². The van der Waals surface area contributed by atoms with E-state index >= 15 is 0 Å². The van der Waals surface area contributed by atoms with Crippen LogP contribution >= 0.6 is 0 Å². The lowest BCUT2D eigenvalue weighted by molar-refractivity contribution is -0.274. The summed E-state index contributed by atoms with van der Waals surface area (Å²) < 4.78 is 52.7. The molecule has 0 unspecified atom stereocenters. The average molecular weight is 510 g/mol. The fourth-order valence-electron chi connectivity index (χ4n) is 4.49. The van der Waals surface area contributed by atoms with Gasteiger partial charge in [-0.1, -0.05) is 0 Å². The number of ether oxygens (including phenoxy) is 3. The summed E-state index contributed by atoms with van der Waals surface area (Å²) in [5, 5.41) is 5.41. The first-order chi connectivity index (χ1) is 17.3. The average Bonchev–Trinajstić information content (AvgIpc) is 2.85. The second kappa shape index (κ2) is 11.5. The third-order valence-electron chi connectivity index (χ3n) is 6.23. The minimum absolute atomic E-state index is 0.0565. The number of carbonyl (C=O) groups excluding carboxylic acids is 1. The van der Waals surface area contributed by atoms with Crippen LogP contribution in [0.1, 0.15) is 44.9 Å². The fraction of sp³-hybridized carbons (Fsp3) is 0.542. The van der Waals surface area contributed by atoms with Gasteiger partial charge in [0.15, 0.2) is 0 Å².